The normalized spacial score (nSPS) is 24.2. The number of nitrogens with zero attached hydrogens (tertiary/aromatic N) is 1. The summed E-state index contributed by atoms with van der Waals surface area (Å²) in [5, 5.41) is 82.0. The molecule has 0 aliphatic carbocycles. The van der Waals surface area contributed by atoms with Crippen molar-refractivity contribution in [2.45, 2.75) is 216 Å². The average molecular weight is 1590 g/mol. The minimum Gasteiger partial charge on any atom is -0.508 e. The number of amides is 12. The summed E-state index contributed by atoms with van der Waals surface area (Å²) in [5.41, 5.74) is 9.96. The van der Waals surface area contributed by atoms with Crippen LogP contribution >= 0.6 is 23.5 Å². The Balaban J connectivity index is 1.39. The number of carboxylic acids is 1. The van der Waals surface area contributed by atoms with Gasteiger partial charge >= 0.3 is 5.97 Å². The Morgan fingerprint density at radius 3 is 1.67 bits per heavy atom. The number of hydrogen-bond donors (Lipinski definition) is 19. The number of primary amides is 1. The number of carboxylic acid groups (broad SMARTS) is 1. The van der Waals surface area contributed by atoms with E-state index in [1.165, 1.54) is 119 Å². The van der Waals surface area contributed by atoms with Crippen LogP contribution in [-0.2, 0) is 93.1 Å². The number of pyridine rings is 1. The van der Waals surface area contributed by atoms with E-state index in [-0.39, 0.29) is 62.3 Å². The molecule has 0 saturated carbocycles. The van der Waals surface area contributed by atoms with E-state index in [1.54, 1.807) is 46.8 Å². The van der Waals surface area contributed by atoms with E-state index in [2.05, 4.69) is 68.5 Å². The van der Waals surface area contributed by atoms with Crippen LogP contribution in [0.3, 0.4) is 0 Å². The number of aromatic amines is 1. The number of benzene rings is 3. The lowest BCUT2D eigenvalue weighted by atomic mass is 9.85. The summed E-state index contributed by atoms with van der Waals surface area (Å²) < 4.78 is 0. The number of phenols is 2. The van der Waals surface area contributed by atoms with E-state index in [9.17, 15) is 87.9 Å². The molecule has 33 nitrogen and oxygen atoms in total. The number of aliphatic hydroxyl groups excluding tert-OH is 2. The van der Waals surface area contributed by atoms with Gasteiger partial charge in [0.25, 0.3) is 0 Å². The Morgan fingerprint density at radius 1 is 0.580 bits per heavy atom. The number of H-pyrrole nitrogens is 1. The van der Waals surface area contributed by atoms with Crippen molar-refractivity contribution in [3.63, 3.8) is 0 Å². The number of nitrogens with one attached hydrogen (secondary N) is 12. The molecule has 610 valence electrons. The molecule has 3 heterocycles. The number of carbonyl (C=O) groups excluding carboxylic acids is 12. The number of aromatic hydroxyl groups is 2. The molecule has 12 atom stereocenters. The van der Waals surface area contributed by atoms with Crippen LogP contribution in [0.1, 0.15) is 136 Å². The summed E-state index contributed by atoms with van der Waals surface area (Å²) in [7, 11) is 0. The largest absolute Gasteiger partial charge is 0.508 e. The summed E-state index contributed by atoms with van der Waals surface area (Å²) in [6.45, 7) is 14.6. The highest BCUT2D eigenvalue weighted by Crippen LogP contribution is 2.26. The predicted molar refractivity (Wildman–Crippen MR) is 420 cm³/mol. The van der Waals surface area contributed by atoms with Crippen LogP contribution in [0.4, 0.5) is 0 Å². The van der Waals surface area contributed by atoms with Crippen molar-refractivity contribution in [2.75, 3.05) is 18.1 Å². The monoisotopic (exact) mass is 1590 g/mol. The molecule has 3 aromatic carbocycles. The van der Waals surface area contributed by atoms with Crippen molar-refractivity contribution in [3.8, 4) is 11.5 Å². The highest BCUT2D eigenvalue weighted by atomic mass is 32.2. The first-order valence-electron chi connectivity index (χ1n) is 36.8. The zero-order chi connectivity index (χ0) is 82.9. The molecule has 2 bridgehead atoms. The smallest absolute Gasteiger partial charge is 0.303 e. The molecule has 112 heavy (non-hydrogen) atoms. The van der Waals surface area contributed by atoms with Crippen molar-refractivity contribution < 1.29 is 87.9 Å². The molecule has 6 rings (SSSR count). The first kappa shape index (κ1) is 90.5. The third-order valence-electron chi connectivity index (χ3n) is 19.0. The van der Waals surface area contributed by atoms with Crippen LogP contribution in [0.5, 0.6) is 11.5 Å². The minimum atomic E-state index is -2.08. The first-order valence-corrected chi connectivity index (χ1v) is 39.2. The van der Waals surface area contributed by atoms with Gasteiger partial charge < -0.3 is 100 Å². The minimum absolute atomic E-state index is 0.0357. The SMILES string of the molecule is CC(C)[C@]1(C)NC(=O)[C@H](Cc2ccc(O)cc2)NC(=O)[C@H](CCC(=O)O)NC(=O)C(C)(C)NC(=O)[C@H](Cc2c[nH]c3ncccc23)NC(=O)[C@H]([C@@H](C)O)NC(=O)[C@H](CCCCN)NC(=O)[C@H](Cc2ccc(O)cc2)NC(=O)[C@H](C(C)(C)C)NC(=O)CCSCc2cccc(c2)CSC[C@@H](C(N)=O)NC(=O)[C@H]([C@@H](C)O)NC1=O. The van der Waals surface area contributed by atoms with Crippen LogP contribution in [0, 0.1) is 11.3 Å². The van der Waals surface area contributed by atoms with E-state index in [0.717, 1.165) is 11.1 Å². The van der Waals surface area contributed by atoms with Gasteiger partial charge in [0.15, 0.2) is 0 Å². The highest BCUT2D eigenvalue weighted by Gasteiger charge is 2.45. The Kier molecular flexibility index (Phi) is 33.8. The van der Waals surface area contributed by atoms with Crippen molar-refractivity contribution >= 4 is 111 Å². The molecule has 0 saturated heterocycles. The van der Waals surface area contributed by atoms with Gasteiger partial charge in [0.2, 0.25) is 70.9 Å². The molecular weight excluding hydrogens is 1490 g/mol. The number of aliphatic carboxylic acids is 1. The van der Waals surface area contributed by atoms with Gasteiger partial charge in [-0.1, -0.05) is 83.1 Å². The fourth-order valence-corrected chi connectivity index (χ4v) is 13.8. The average Bonchev–Trinajstić information content (AvgIpc) is 1.04. The van der Waals surface area contributed by atoms with Gasteiger partial charge in [0, 0.05) is 72.9 Å². The standard InChI is InChI=1S/C77H107N15O18S2/c1-41(2)77(10)74(110)90-61(43(4)94)71(107)86-57(63(79)100)40-112-39-47-16-13-15-46(33-47)38-111-32-29-58(97)88-62(75(5,6)7)72(108)85-54(34-44-19-23-49(95)24-20-44)67(103)82-52(18-11-12-30-78)66(102)89-60(42(3)93)70(106)84-56(36-48-37-81-64-51(48)17-14-31-80-64)68(104)91-76(8,9)73(109)87-53(27-28-59(98)99)65(101)83-55(69(105)92-77)35-45-21-25-50(96)26-22-45/h13-17,19-26,31,33,37,41-43,52-57,60-62,93-96H,11-12,18,27-30,32,34-36,38-40,78H2,1-10H3,(H2,79,100)(H,80,81)(H,82,103)(H,83,101)(H,84,106)(H,85,108)(H,86,107)(H,87,109)(H,88,97)(H,89,102)(H,90,110)(H,91,104)(H,92,105)(H,98,99)/t42-,43-,52+,53+,54+,55+,56+,57+,60+,61+,62-,77+/m1/s1. The molecule has 1 aliphatic rings. The number of hydrogen-bond acceptors (Lipinski definition) is 21. The van der Waals surface area contributed by atoms with E-state index in [0.29, 0.717) is 51.4 Å². The van der Waals surface area contributed by atoms with Gasteiger partial charge in [0.1, 0.15) is 82.6 Å². The van der Waals surface area contributed by atoms with E-state index >= 15 is 0 Å². The van der Waals surface area contributed by atoms with Crippen LogP contribution in [-0.4, -0.2) is 208 Å². The molecule has 1 aliphatic heterocycles. The zero-order valence-corrected chi connectivity index (χ0v) is 66.2. The molecule has 0 fully saturated rings. The molecule has 5 aromatic rings. The number of unbranched alkanes of at least 4 members (excludes halogenated alkanes) is 1. The van der Waals surface area contributed by atoms with Gasteiger partial charge in [-0.05, 0) is 142 Å². The van der Waals surface area contributed by atoms with E-state index in [1.807, 2.05) is 24.3 Å². The highest BCUT2D eigenvalue weighted by molar-refractivity contribution is 7.98. The van der Waals surface area contributed by atoms with Crippen molar-refractivity contribution in [3.05, 3.63) is 125 Å². The second-order valence-corrected chi connectivity index (χ2v) is 32.1. The molecule has 0 spiro atoms. The van der Waals surface area contributed by atoms with E-state index in [4.69, 9.17) is 11.5 Å². The summed E-state index contributed by atoms with van der Waals surface area (Å²) in [5.74, 6) is -13.0. The van der Waals surface area contributed by atoms with E-state index < -0.39 is 179 Å². The zero-order valence-electron chi connectivity index (χ0n) is 64.5. The second kappa shape index (κ2) is 41.8. The summed E-state index contributed by atoms with van der Waals surface area (Å²) in [6, 6.07) is 7.71. The van der Waals surface area contributed by atoms with Gasteiger partial charge in [-0.25, -0.2) is 4.98 Å². The third kappa shape index (κ3) is 27.2. The topological polar surface area (TPSA) is 536 Å². The number of aromatic nitrogens is 2. The lowest BCUT2D eigenvalue weighted by Gasteiger charge is -2.36. The van der Waals surface area contributed by atoms with Crippen molar-refractivity contribution in [2.24, 2.45) is 22.8 Å². The lowest BCUT2D eigenvalue weighted by molar-refractivity contribution is -0.141. The van der Waals surface area contributed by atoms with Crippen LogP contribution in [0.2, 0.25) is 0 Å². The number of fused-ring (bicyclic) bond motifs is 3. The lowest BCUT2D eigenvalue weighted by Crippen LogP contribution is -2.67. The molecular formula is C77H107N15O18S2. The molecule has 2 aromatic heterocycles. The van der Waals surface area contributed by atoms with Gasteiger partial charge in [-0.3, -0.25) is 62.3 Å². The second-order valence-electron chi connectivity index (χ2n) is 30.0. The quantitative estimate of drug-likeness (QED) is 0.0568. The Bertz CT molecular complexity index is 4140. The molecule has 0 unspecified atom stereocenters. The third-order valence-corrected chi connectivity index (χ3v) is 21.1. The number of phenolic OH excluding ortho intramolecular Hbond substituents is 2. The number of thioether (sulfide) groups is 2. The van der Waals surface area contributed by atoms with Gasteiger partial charge in [-0.2, -0.15) is 23.5 Å². The van der Waals surface area contributed by atoms with Gasteiger partial charge in [0.05, 0.1) is 12.2 Å². The summed E-state index contributed by atoms with van der Waals surface area (Å²) in [4.78, 5) is 193. The fraction of sp³-hybridized carbons (Fsp3) is 0.506. The van der Waals surface area contributed by atoms with Crippen LogP contribution in [0.25, 0.3) is 11.0 Å². The number of rotatable bonds is 17. The maximum absolute atomic E-state index is 15.0. The number of aliphatic hydroxyl groups is 2. The Hall–Kier alpha value is -10.4. The Morgan fingerprint density at radius 2 is 1.10 bits per heavy atom. The Labute approximate surface area is 658 Å². The first-order chi connectivity index (χ1) is 52.7. The molecule has 0 radical (unpaired) electrons. The van der Waals surface area contributed by atoms with Crippen LogP contribution in [0.15, 0.2) is 97.3 Å². The molecule has 35 heteroatoms. The maximum Gasteiger partial charge on any atom is 0.303 e. The number of carbonyl (C=O) groups is 13. The number of nitrogens with two attached hydrogens (primary N) is 2. The van der Waals surface area contributed by atoms with Gasteiger partial charge in [-0.15, -0.1) is 0 Å². The predicted octanol–water partition coefficient (Wildman–Crippen LogP) is 0.648. The molecule has 21 N–H and O–H groups in total. The van der Waals surface area contributed by atoms with Crippen molar-refractivity contribution in [1.29, 1.82) is 0 Å². The van der Waals surface area contributed by atoms with Crippen LogP contribution < -0.4 is 70.0 Å². The maximum atomic E-state index is 15.0. The summed E-state index contributed by atoms with van der Waals surface area (Å²) in [6.07, 6.45) is -2.12. The summed E-state index contributed by atoms with van der Waals surface area (Å²) >= 11 is 2.67. The fourth-order valence-electron chi connectivity index (χ4n) is 11.9. The molecule has 12 amide bonds. The van der Waals surface area contributed by atoms with Crippen molar-refractivity contribution in [1.82, 2.24) is 68.5 Å².